The molecule has 0 atom stereocenters. The molecule has 0 radical (unpaired) electrons. The molecule has 0 saturated heterocycles. The van der Waals surface area contributed by atoms with E-state index in [-0.39, 0.29) is 5.56 Å². The summed E-state index contributed by atoms with van der Waals surface area (Å²) in [6, 6.07) is 4.42. The Kier molecular flexibility index (Phi) is 3.90. The largest absolute Gasteiger partial charge is 0.207 e. The van der Waals surface area contributed by atoms with Gasteiger partial charge in [-0.05, 0) is 24.6 Å². The molecule has 3 nitrogen and oxygen atoms in total. The van der Waals surface area contributed by atoms with Crippen LogP contribution in [0.1, 0.15) is 25.0 Å². The van der Waals surface area contributed by atoms with Gasteiger partial charge in [0.2, 0.25) is 0 Å². The van der Waals surface area contributed by atoms with E-state index in [9.17, 15) is 4.39 Å². The van der Waals surface area contributed by atoms with Crippen LogP contribution in [-0.2, 0) is 0 Å². The molecule has 2 aromatic rings. The molecule has 0 aliphatic heterocycles. The quantitative estimate of drug-likeness (QED) is 0.681. The number of benzene rings is 1. The number of nitrogens with zero attached hydrogens (tertiary/aromatic N) is 3. The molecule has 0 fully saturated rings. The number of aryl methyl sites for hydroxylation is 1. The number of hydrogen-bond donors (Lipinski definition) is 0. The molecule has 1 heterocycles. The Hall–Kier alpha value is -2.02. The van der Waals surface area contributed by atoms with Crippen LogP contribution in [0, 0.1) is 24.1 Å². The molecular weight excluding hydrogens is 205 g/mol. The van der Waals surface area contributed by atoms with E-state index >= 15 is 0 Å². The topological polar surface area (TPSA) is 49.6 Å². The van der Waals surface area contributed by atoms with E-state index in [0.29, 0.717) is 10.9 Å². The fourth-order valence-corrected chi connectivity index (χ4v) is 1.34. The molecule has 1 aromatic carbocycles. The molecule has 0 aliphatic carbocycles. The summed E-state index contributed by atoms with van der Waals surface area (Å²) in [6.45, 7) is 5.80. The van der Waals surface area contributed by atoms with Gasteiger partial charge in [0.05, 0.1) is 11.8 Å². The molecule has 0 unspecified atom stereocenters. The molecular formula is C12H12FN3. The Balaban J connectivity index is 0.000000606. The summed E-state index contributed by atoms with van der Waals surface area (Å²) >= 11 is 0. The molecule has 0 bridgehead atoms. The molecule has 0 N–H and O–H groups in total. The minimum absolute atomic E-state index is 0.219. The van der Waals surface area contributed by atoms with Crippen molar-refractivity contribution >= 4 is 10.9 Å². The van der Waals surface area contributed by atoms with Crippen LogP contribution in [-0.4, -0.2) is 10.2 Å². The van der Waals surface area contributed by atoms with Gasteiger partial charge in [-0.3, -0.25) is 0 Å². The monoisotopic (exact) mass is 217 g/mol. The summed E-state index contributed by atoms with van der Waals surface area (Å²) in [6.07, 6.45) is 1.54. The van der Waals surface area contributed by atoms with E-state index in [1.807, 2.05) is 19.9 Å². The summed E-state index contributed by atoms with van der Waals surface area (Å²) in [4.78, 5) is 0. The zero-order valence-corrected chi connectivity index (χ0v) is 9.45. The van der Waals surface area contributed by atoms with Gasteiger partial charge in [-0.1, -0.05) is 13.8 Å². The highest BCUT2D eigenvalue weighted by molar-refractivity contribution is 5.86. The fraction of sp³-hybridized carbons (Fsp3) is 0.250. The van der Waals surface area contributed by atoms with Crippen molar-refractivity contribution < 1.29 is 4.39 Å². The Labute approximate surface area is 93.5 Å². The van der Waals surface area contributed by atoms with Gasteiger partial charge in [0.1, 0.15) is 17.4 Å². The number of rotatable bonds is 0. The number of halogens is 1. The summed E-state index contributed by atoms with van der Waals surface area (Å²) in [7, 11) is 0. The van der Waals surface area contributed by atoms with Crippen LogP contribution in [0.3, 0.4) is 0 Å². The van der Waals surface area contributed by atoms with Crippen LogP contribution in [0.5, 0.6) is 0 Å². The Morgan fingerprint density at radius 2 is 2.00 bits per heavy atom. The Morgan fingerprint density at radius 3 is 2.62 bits per heavy atom. The molecule has 0 spiro atoms. The highest BCUT2D eigenvalue weighted by atomic mass is 19.1. The average molecular weight is 217 g/mol. The Bertz CT molecular complexity index is 544. The lowest BCUT2D eigenvalue weighted by atomic mass is 10.1. The van der Waals surface area contributed by atoms with Gasteiger partial charge < -0.3 is 0 Å². The molecule has 16 heavy (non-hydrogen) atoms. The molecule has 0 saturated carbocycles. The average Bonchev–Trinajstić information content (AvgIpc) is 2.32. The van der Waals surface area contributed by atoms with Crippen LogP contribution >= 0.6 is 0 Å². The van der Waals surface area contributed by atoms with E-state index < -0.39 is 5.82 Å². The van der Waals surface area contributed by atoms with E-state index in [4.69, 9.17) is 5.26 Å². The van der Waals surface area contributed by atoms with Crippen molar-refractivity contribution in [1.82, 2.24) is 10.2 Å². The highest BCUT2D eigenvalue weighted by Crippen LogP contribution is 2.19. The molecule has 0 amide bonds. The number of aromatic nitrogens is 2. The standard InChI is InChI=1S/C10H6FN3.C2H6/c1-6-5-13-14-10-7(4-12)2-8(11)3-9(6)10;1-2/h2-3,5H,1H3;1-2H3. The van der Waals surface area contributed by atoms with Crippen molar-refractivity contribution in [2.45, 2.75) is 20.8 Å². The summed E-state index contributed by atoms with van der Waals surface area (Å²) in [5, 5.41) is 16.9. The van der Waals surface area contributed by atoms with E-state index in [2.05, 4.69) is 10.2 Å². The molecule has 4 heteroatoms. The third-order valence-corrected chi connectivity index (χ3v) is 2.03. The van der Waals surface area contributed by atoms with Gasteiger partial charge in [0.25, 0.3) is 0 Å². The predicted molar refractivity (Wildman–Crippen MR) is 60.3 cm³/mol. The van der Waals surface area contributed by atoms with Crippen molar-refractivity contribution in [1.29, 1.82) is 5.26 Å². The fourth-order valence-electron chi connectivity index (χ4n) is 1.34. The first-order valence-electron chi connectivity index (χ1n) is 5.04. The Morgan fingerprint density at radius 1 is 1.31 bits per heavy atom. The summed E-state index contributed by atoms with van der Waals surface area (Å²) in [5.41, 5.74) is 1.48. The van der Waals surface area contributed by atoms with Crippen LogP contribution in [0.2, 0.25) is 0 Å². The first-order chi connectivity index (χ1) is 7.72. The van der Waals surface area contributed by atoms with E-state index in [1.165, 1.54) is 6.07 Å². The minimum atomic E-state index is -0.426. The van der Waals surface area contributed by atoms with Crippen molar-refractivity contribution in [2.75, 3.05) is 0 Å². The number of hydrogen-bond acceptors (Lipinski definition) is 3. The van der Waals surface area contributed by atoms with Gasteiger partial charge in [-0.2, -0.15) is 10.4 Å². The summed E-state index contributed by atoms with van der Waals surface area (Å²) < 4.78 is 13.1. The van der Waals surface area contributed by atoms with Gasteiger partial charge >= 0.3 is 0 Å². The van der Waals surface area contributed by atoms with Crippen molar-refractivity contribution in [3.8, 4) is 6.07 Å². The third-order valence-electron chi connectivity index (χ3n) is 2.03. The molecule has 0 aliphatic rings. The third kappa shape index (κ3) is 2.14. The van der Waals surface area contributed by atoms with Crippen LogP contribution < -0.4 is 0 Å². The molecule has 1 aromatic heterocycles. The SMILES string of the molecule is CC.Cc1cnnc2c(C#N)cc(F)cc12. The smallest absolute Gasteiger partial charge is 0.125 e. The second kappa shape index (κ2) is 5.17. The summed E-state index contributed by atoms with van der Waals surface area (Å²) in [5.74, 6) is -0.426. The maximum absolute atomic E-state index is 13.1. The van der Waals surface area contributed by atoms with Crippen molar-refractivity contribution in [3.63, 3.8) is 0 Å². The van der Waals surface area contributed by atoms with Gasteiger partial charge in [-0.15, -0.1) is 5.10 Å². The van der Waals surface area contributed by atoms with E-state index in [0.717, 1.165) is 11.6 Å². The first-order valence-corrected chi connectivity index (χ1v) is 5.04. The van der Waals surface area contributed by atoms with Gasteiger partial charge in [0, 0.05) is 5.39 Å². The minimum Gasteiger partial charge on any atom is -0.207 e. The lowest BCUT2D eigenvalue weighted by Gasteiger charge is -2.01. The van der Waals surface area contributed by atoms with E-state index in [1.54, 1.807) is 13.1 Å². The lowest BCUT2D eigenvalue weighted by Crippen LogP contribution is -1.91. The van der Waals surface area contributed by atoms with Gasteiger partial charge in [-0.25, -0.2) is 4.39 Å². The zero-order chi connectivity index (χ0) is 12.1. The second-order valence-corrected chi connectivity index (χ2v) is 2.99. The highest BCUT2D eigenvalue weighted by Gasteiger charge is 2.07. The van der Waals surface area contributed by atoms with Crippen LogP contribution in [0.25, 0.3) is 10.9 Å². The predicted octanol–water partition coefficient (Wildman–Crippen LogP) is 2.98. The normalized spacial score (nSPS) is 9.19. The number of nitriles is 1. The maximum atomic E-state index is 13.1. The molecule has 82 valence electrons. The van der Waals surface area contributed by atoms with Crippen molar-refractivity contribution in [3.05, 3.63) is 35.3 Å². The zero-order valence-electron chi connectivity index (χ0n) is 9.45. The molecule has 2 rings (SSSR count). The van der Waals surface area contributed by atoms with Crippen LogP contribution in [0.15, 0.2) is 18.3 Å². The maximum Gasteiger partial charge on any atom is 0.125 e. The van der Waals surface area contributed by atoms with Gasteiger partial charge in [0.15, 0.2) is 0 Å². The second-order valence-electron chi connectivity index (χ2n) is 2.99. The van der Waals surface area contributed by atoms with Crippen molar-refractivity contribution in [2.24, 2.45) is 0 Å². The lowest BCUT2D eigenvalue weighted by molar-refractivity contribution is 0.629. The first kappa shape index (κ1) is 12.1. The number of fused-ring (bicyclic) bond motifs is 1. The van der Waals surface area contributed by atoms with Crippen LogP contribution in [0.4, 0.5) is 4.39 Å².